The molecule has 0 aromatic rings. The van der Waals surface area contributed by atoms with E-state index >= 15 is 0 Å². The van der Waals surface area contributed by atoms with Gasteiger partial charge in [0.25, 0.3) is 0 Å². The molecule has 4 N–H and O–H groups in total. The van der Waals surface area contributed by atoms with Gasteiger partial charge < -0.3 is 35.5 Å². The summed E-state index contributed by atoms with van der Waals surface area (Å²) >= 11 is 0. The molecule has 0 saturated heterocycles. The first kappa shape index (κ1) is 65.9. The van der Waals surface area contributed by atoms with Gasteiger partial charge in [-0.2, -0.15) is 0 Å². The van der Waals surface area contributed by atoms with Crippen LogP contribution in [0.1, 0.15) is 284 Å². The van der Waals surface area contributed by atoms with Crippen LogP contribution >= 0.6 is 0 Å². The van der Waals surface area contributed by atoms with E-state index in [0.29, 0.717) is 39.0 Å². The number of hydrogen-bond acceptors (Lipinski definition) is 7. The number of amides is 4. The minimum Gasteiger partial charge on any atom is -0.395 e. The zero-order valence-corrected chi connectivity index (χ0v) is 47.5. The number of aliphatic hydroxyl groups excluding tert-OH is 2. The van der Waals surface area contributed by atoms with Gasteiger partial charge in [0.2, 0.25) is 23.6 Å². The molecule has 0 aromatic carbocycles. The normalized spacial score (nSPS) is 15.4. The first-order valence-corrected chi connectivity index (χ1v) is 31.3. The summed E-state index contributed by atoms with van der Waals surface area (Å²) in [5.41, 5.74) is 0. The Hall–Kier alpha value is -2.24. The van der Waals surface area contributed by atoms with E-state index in [1.54, 1.807) is 9.80 Å². The number of aliphatic hydroxyl groups is 2. The van der Waals surface area contributed by atoms with Crippen LogP contribution in [0.2, 0.25) is 0 Å². The second-order valence-electron chi connectivity index (χ2n) is 22.6. The highest BCUT2D eigenvalue weighted by atomic mass is 16.3. The first-order chi connectivity index (χ1) is 35.3. The van der Waals surface area contributed by atoms with Crippen molar-refractivity contribution in [3.05, 3.63) is 0 Å². The van der Waals surface area contributed by atoms with E-state index in [2.05, 4.69) is 29.4 Å². The van der Waals surface area contributed by atoms with Crippen molar-refractivity contribution >= 4 is 23.6 Å². The molecule has 0 bridgehead atoms. The zero-order chi connectivity index (χ0) is 52.1. The molecule has 2 fully saturated rings. The molecular weight excluding hydrogens is 899 g/mol. The van der Waals surface area contributed by atoms with E-state index in [1.807, 2.05) is 7.05 Å². The monoisotopic (exact) mass is 1020 g/mol. The minimum absolute atomic E-state index is 0.0202. The Kier molecular flexibility index (Phi) is 42.2. The Morgan fingerprint density at radius 1 is 0.403 bits per heavy atom. The number of nitrogens with one attached hydrogen (secondary N) is 2. The summed E-state index contributed by atoms with van der Waals surface area (Å²) in [6.07, 6.45) is 49.1. The van der Waals surface area contributed by atoms with Gasteiger partial charge in [0.1, 0.15) is 12.1 Å². The van der Waals surface area contributed by atoms with Gasteiger partial charge in [0.05, 0.1) is 13.2 Å². The third-order valence-electron chi connectivity index (χ3n) is 16.3. The molecule has 0 radical (unpaired) electrons. The molecule has 11 nitrogen and oxygen atoms in total. The predicted octanol–water partition coefficient (Wildman–Crippen LogP) is 13.2. The largest absolute Gasteiger partial charge is 0.395 e. The van der Waals surface area contributed by atoms with Crippen molar-refractivity contribution in [2.75, 3.05) is 59.5 Å². The molecule has 2 atom stereocenters. The molecule has 2 aliphatic rings. The van der Waals surface area contributed by atoms with E-state index < -0.39 is 12.1 Å². The van der Waals surface area contributed by atoms with Crippen LogP contribution in [-0.4, -0.2) is 120 Å². The standard InChI is InChI=1S/C61H117N5O6/c1-4-6-8-10-12-14-16-18-20-22-24-26-28-30-38-44-56(69)65(50-52-67)58(54-40-34-32-35-41-54)60(71)62-46-48-64(3)49-47-63-61(72)59(55-42-36-33-37-43-55)66(51-53-68)57(70)45-39-31-29-27-25-23-21-19-17-15-13-11-9-7-5-2/h54-55,58-59,67-68H,4-53H2,1-3H3,(H,62,71)(H,63,72). The summed E-state index contributed by atoms with van der Waals surface area (Å²) in [6, 6.07) is -1.15. The lowest BCUT2D eigenvalue weighted by Gasteiger charge is -2.38. The average molecular weight is 1020 g/mol. The predicted molar refractivity (Wildman–Crippen MR) is 301 cm³/mol. The van der Waals surface area contributed by atoms with Crippen molar-refractivity contribution in [3.8, 4) is 0 Å². The molecule has 0 heterocycles. The van der Waals surface area contributed by atoms with Crippen LogP contribution in [0.4, 0.5) is 0 Å². The lowest BCUT2D eigenvalue weighted by Crippen LogP contribution is -2.55. The second-order valence-corrected chi connectivity index (χ2v) is 22.6. The number of unbranched alkanes of at least 4 members (excludes halogenated alkanes) is 28. The Labute approximate surface area is 443 Å². The minimum atomic E-state index is -0.577. The zero-order valence-electron chi connectivity index (χ0n) is 47.5. The lowest BCUT2D eigenvalue weighted by atomic mass is 9.82. The van der Waals surface area contributed by atoms with Gasteiger partial charge in [-0.15, -0.1) is 0 Å². The van der Waals surface area contributed by atoms with Crippen molar-refractivity contribution in [1.82, 2.24) is 25.3 Å². The molecule has 72 heavy (non-hydrogen) atoms. The second kappa shape index (κ2) is 46.1. The molecule has 2 saturated carbocycles. The van der Waals surface area contributed by atoms with E-state index in [9.17, 15) is 29.4 Å². The fourth-order valence-corrected chi connectivity index (χ4v) is 11.8. The molecule has 2 rings (SSSR count). The van der Waals surface area contributed by atoms with Crippen molar-refractivity contribution in [2.24, 2.45) is 11.8 Å². The fraction of sp³-hybridized carbons (Fsp3) is 0.934. The average Bonchev–Trinajstić information content (AvgIpc) is 3.38. The van der Waals surface area contributed by atoms with Crippen LogP contribution in [-0.2, 0) is 19.2 Å². The summed E-state index contributed by atoms with van der Waals surface area (Å²) in [5, 5.41) is 26.5. The topological polar surface area (TPSA) is 143 Å². The quantitative estimate of drug-likeness (QED) is 0.0445. The highest BCUT2D eigenvalue weighted by molar-refractivity contribution is 5.88. The van der Waals surface area contributed by atoms with Gasteiger partial charge in [-0.3, -0.25) is 19.2 Å². The van der Waals surface area contributed by atoms with E-state index in [1.165, 1.54) is 154 Å². The Balaban J connectivity index is 1.79. The Bertz CT molecular complexity index is 1210. The maximum Gasteiger partial charge on any atom is 0.243 e. The van der Waals surface area contributed by atoms with Gasteiger partial charge in [0.15, 0.2) is 0 Å². The molecule has 0 aliphatic heterocycles. The summed E-state index contributed by atoms with van der Waals surface area (Å²) in [7, 11) is 1.98. The summed E-state index contributed by atoms with van der Waals surface area (Å²) in [5.74, 6) is -0.130. The first-order valence-electron chi connectivity index (χ1n) is 31.3. The summed E-state index contributed by atoms with van der Waals surface area (Å²) < 4.78 is 0. The number of nitrogens with zero attached hydrogens (tertiary/aromatic N) is 3. The lowest BCUT2D eigenvalue weighted by molar-refractivity contribution is -0.144. The number of carbonyl (C=O) groups excluding carboxylic acids is 4. The van der Waals surface area contributed by atoms with Crippen LogP contribution < -0.4 is 10.6 Å². The Morgan fingerprint density at radius 3 is 0.931 bits per heavy atom. The molecular formula is C61H117N5O6. The number of rotatable bonds is 48. The van der Waals surface area contributed by atoms with Crippen molar-refractivity contribution < 1.29 is 29.4 Å². The van der Waals surface area contributed by atoms with Crippen molar-refractivity contribution in [3.63, 3.8) is 0 Å². The maximum atomic E-state index is 14.0. The molecule has 4 amide bonds. The van der Waals surface area contributed by atoms with E-state index in [4.69, 9.17) is 0 Å². The van der Waals surface area contributed by atoms with Crippen LogP contribution in [0.25, 0.3) is 0 Å². The summed E-state index contributed by atoms with van der Waals surface area (Å²) in [6.45, 7) is 6.54. The number of likely N-dealkylation sites (N-methyl/N-ethyl adjacent to an activating group) is 1. The highest BCUT2D eigenvalue weighted by Gasteiger charge is 2.38. The third-order valence-corrected chi connectivity index (χ3v) is 16.3. The highest BCUT2D eigenvalue weighted by Crippen LogP contribution is 2.31. The van der Waals surface area contributed by atoms with Gasteiger partial charge in [-0.05, 0) is 57.4 Å². The van der Waals surface area contributed by atoms with Gasteiger partial charge in [-0.1, -0.05) is 232 Å². The maximum absolute atomic E-state index is 14.0. The molecule has 11 heteroatoms. The van der Waals surface area contributed by atoms with Crippen molar-refractivity contribution in [1.29, 1.82) is 0 Å². The van der Waals surface area contributed by atoms with Gasteiger partial charge >= 0.3 is 0 Å². The van der Waals surface area contributed by atoms with Gasteiger partial charge in [0, 0.05) is 52.1 Å². The SMILES string of the molecule is CCCCCCCCCCCCCCCCCC(=O)N(CCO)C(C(=O)NCCN(C)CCNC(=O)C(C1CCCCC1)N(CCO)C(=O)CCCCCCCCCCCCCCCCC)C1CCCCC1. The van der Waals surface area contributed by atoms with Crippen molar-refractivity contribution in [2.45, 2.75) is 296 Å². The Morgan fingerprint density at radius 2 is 0.667 bits per heavy atom. The number of hydrogen-bond donors (Lipinski definition) is 4. The molecule has 2 unspecified atom stereocenters. The van der Waals surface area contributed by atoms with E-state index in [-0.39, 0.29) is 61.8 Å². The fourth-order valence-electron chi connectivity index (χ4n) is 11.8. The van der Waals surface area contributed by atoms with Crippen LogP contribution in [0.15, 0.2) is 0 Å². The molecule has 2 aliphatic carbocycles. The molecule has 422 valence electrons. The summed E-state index contributed by atoms with van der Waals surface area (Å²) in [4.78, 5) is 61.1. The number of carbonyl (C=O) groups is 4. The smallest absolute Gasteiger partial charge is 0.243 e. The molecule has 0 aromatic heterocycles. The van der Waals surface area contributed by atoms with Crippen LogP contribution in [0.3, 0.4) is 0 Å². The molecule has 0 spiro atoms. The van der Waals surface area contributed by atoms with Crippen LogP contribution in [0.5, 0.6) is 0 Å². The third kappa shape index (κ3) is 31.6. The van der Waals surface area contributed by atoms with E-state index in [0.717, 1.165) is 103 Å². The van der Waals surface area contributed by atoms with Gasteiger partial charge in [-0.25, -0.2) is 0 Å². The van der Waals surface area contributed by atoms with Crippen LogP contribution in [0, 0.1) is 11.8 Å².